The molecule has 0 unspecified atom stereocenters. The fourth-order valence-electron chi connectivity index (χ4n) is 1.84. The Bertz CT molecular complexity index is 418. The number of Topliss-reactive ketones (excluding diaryl/α,β-unsaturated/α-hetero) is 1. The summed E-state index contributed by atoms with van der Waals surface area (Å²) in [5, 5.41) is 9.01. The second kappa shape index (κ2) is 8.04. The fraction of sp³-hybridized carbons (Fsp3) is 0.533. The van der Waals surface area contributed by atoms with Gasteiger partial charge in [-0.05, 0) is 31.0 Å². The quantitative estimate of drug-likeness (QED) is 0.722. The lowest BCUT2D eigenvalue weighted by atomic mass is 10.0. The highest BCUT2D eigenvalue weighted by Crippen LogP contribution is 2.11. The number of methoxy groups -OCH3 is 1. The Balaban J connectivity index is 2.66. The minimum absolute atomic E-state index is 0.0456. The lowest BCUT2D eigenvalue weighted by Gasteiger charge is -2.20. The van der Waals surface area contributed by atoms with Gasteiger partial charge in [-0.25, -0.2) is 0 Å². The lowest BCUT2D eigenvalue weighted by Crippen LogP contribution is -2.35. The highest BCUT2D eigenvalue weighted by Gasteiger charge is 2.12. The number of rotatable bonds is 8. The molecule has 0 fully saturated rings. The van der Waals surface area contributed by atoms with Gasteiger partial charge in [0, 0.05) is 25.8 Å². The summed E-state index contributed by atoms with van der Waals surface area (Å²) in [4.78, 5) is 14.1. The molecule has 106 valence electrons. The standard InChI is InChI=1S/C15H23NO3/c1-12-4-5-14(10-13(12)2)15(18)11-16(6-8-17)7-9-19-3/h4-5,10,17H,6-9,11H2,1-3H3. The van der Waals surface area contributed by atoms with Crippen molar-refractivity contribution in [2.75, 3.05) is 40.0 Å². The van der Waals surface area contributed by atoms with E-state index in [4.69, 9.17) is 9.84 Å². The molecule has 1 aromatic rings. The van der Waals surface area contributed by atoms with Crippen LogP contribution in [0.3, 0.4) is 0 Å². The van der Waals surface area contributed by atoms with Crippen LogP contribution in [-0.2, 0) is 4.74 Å². The molecule has 1 aromatic carbocycles. The van der Waals surface area contributed by atoms with Crippen LogP contribution in [0.1, 0.15) is 21.5 Å². The Morgan fingerprint density at radius 2 is 2.00 bits per heavy atom. The van der Waals surface area contributed by atoms with Crippen LogP contribution in [0, 0.1) is 13.8 Å². The SMILES string of the molecule is COCCN(CCO)CC(=O)c1ccc(C)c(C)c1. The molecule has 0 aliphatic rings. The molecule has 1 N–H and O–H groups in total. The number of ether oxygens (including phenoxy) is 1. The fourth-order valence-corrected chi connectivity index (χ4v) is 1.84. The number of aliphatic hydroxyl groups excluding tert-OH is 1. The number of aryl methyl sites for hydroxylation is 2. The molecule has 0 aromatic heterocycles. The van der Waals surface area contributed by atoms with Crippen molar-refractivity contribution in [2.24, 2.45) is 0 Å². The van der Waals surface area contributed by atoms with Crippen LogP contribution in [0.25, 0.3) is 0 Å². The number of benzene rings is 1. The molecule has 0 saturated heterocycles. The molecule has 0 aliphatic carbocycles. The second-order valence-corrected chi connectivity index (χ2v) is 4.71. The average Bonchev–Trinajstić information content (AvgIpc) is 2.39. The van der Waals surface area contributed by atoms with E-state index in [2.05, 4.69) is 0 Å². The van der Waals surface area contributed by atoms with E-state index in [9.17, 15) is 4.79 Å². The molecule has 0 heterocycles. The van der Waals surface area contributed by atoms with Crippen LogP contribution in [0.15, 0.2) is 18.2 Å². The smallest absolute Gasteiger partial charge is 0.176 e. The van der Waals surface area contributed by atoms with Crippen molar-refractivity contribution in [3.05, 3.63) is 34.9 Å². The van der Waals surface area contributed by atoms with E-state index >= 15 is 0 Å². The van der Waals surface area contributed by atoms with Gasteiger partial charge in [-0.15, -0.1) is 0 Å². The van der Waals surface area contributed by atoms with E-state index in [1.54, 1.807) is 7.11 Å². The molecule has 4 heteroatoms. The third-order valence-corrected chi connectivity index (χ3v) is 3.22. The minimum atomic E-state index is 0.0456. The summed E-state index contributed by atoms with van der Waals surface area (Å²) >= 11 is 0. The normalized spacial score (nSPS) is 11.0. The van der Waals surface area contributed by atoms with Crippen molar-refractivity contribution < 1.29 is 14.6 Å². The number of aliphatic hydroxyl groups is 1. The molecular formula is C15H23NO3. The maximum atomic E-state index is 12.2. The Hall–Kier alpha value is -1.23. The van der Waals surface area contributed by atoms with E-state index in [1.807, 2.05) is 36.9 Å². The minimum Gasteiger partial charge on any atom is -0.395 e. The number of carbonyl (C=O) groups excluding carboxylic acids is 1. The molecule has 1 rings (SSSR count). The van der Waals surface area contributed by atoms with Gasteiger partial charge < -0.3 is 9.84 Å². The molecular weight excluding hydrogens is 242 g/mol. The summed E-state index contributed by atoms with van der Waals surface area (Å²) in [5.74, 6) is 0.0765. The molecule has 0 bridgehead atoms. The summed E-state index contributed by atoms with van der Waals surface area (Å²) in [5.41, 5.74) is 3.03. The molecule has 4 nitrogen and oxygen atoms in total. The van der Waals surface area contributed by atoms with E-state index < -0.39 is 0 Å². The molecule has 0 amide bonds. The first-order valence-electron chi connectivity index (χ1n) is 6.51. The van der Waals surface area contributed by atoms with Gasteiger partial charge in [-0.3, -0.25) is 9.69 Å². The largest absolute Gasteiger partial charge is 0.395 e. The predicted molar refractivity (Wildman–Crippen MR) is 75.6 cm³/mol. The van der Waals surface area contributed by atoms with Gasteiger partial charge in [0.05, 0.1) is 19.8 Å². The van der Waals surface area contributed by atoms with Gasteiger partial charge in [0.1, 0.15) is 0 Å². The number of carbonyl (C=O) groups is 1. The zero-order valence-corrected chi connectivity index (χ0v) is 12.0. The van der Waals surface area contributed by atoms with E-state index in [1.165, 1.54) is 5.56 Å². The van der Waals surface area contributed by atoms with Gasteiger partial charge in [-0.2, -0.15) is 0 Å². The van der Waals surface area contributed by atoms with Crippen molar-refractivity contribution in [2.45, 2.75) is 13.8 Å². The third-order valence-electron chi connectivity index (χ3n) is 3.22. The topological polar surface area (TPSA) is 49.8 Å². The monoisotopic (exact) mass is 265 g/mol. The highest BCUT2D eigenvalue weighted by molar-refractivity contribution is 5.97. The van der Waals surface area contributed by atoms with E-state index in [0.717, 1.165) is 11.1 Å². The number of nitrogens with zero attached hydrogens (tertiary/aromatic N) is 1. The molecule has 0 saturated carbocycles. The zero-order chi connectivity index (χ0) is 14.3. The summed E-state index contributed by atoms with van der Waals surface area (Å²) in [6.45, 7) is 6.08. The van der Waals surface area contributed by atoms with Gasteiger partial charge in [-0.1, -0.05) is 12.1 Å². The summed E-state index contributed by atoms with van der Waals surface area (Å²) in [7, 11) is 1.63. The Kier molecular flexibility index (Phi) is 6.70. The van der Waals surface area contributed by atoms with Crippen LogP contribution in [-0.4, -0.2) is 55.7 Å². The highest BCUT2D eigenvalue weighted by atomic mass is 16.5. The van der Waals surface area contributed by atoms with Crippen LogP contribution < -0.4 is 0 Å². The van der Waals surface area contributed by atoms with Crippen molar-refractivity contribution in [1.82, 2.24) is 4.90 Å². The first-order valence-corrected chi connectivity index (χ1v) is 6.51. The second-order valence-electron chi connectivity index (χ2n) is 4.71. The van der Waals surface area contributed by atoms with Gasteiger partial charge in [0.25, 0.3) is 0 Å². The van der Waals surface area contributed by atoms with Gasteiger partial charge >= 0.3 is 0 Å². The molecule has 0 radical (unpaired) electrons. The summed E-state index contributed by atoms with van der Waals surface area (Å²) in [6.07, 6.45) is 0. The van der Waals surface area contributed by atoms with Crippen LogP contribution in [0.4, 0.5) is 0 Å². The Morgan fingerprint density at radius 3 is 2.58 bits per heavy atom. The van der Waals surface area contributed by atoms with Gasteiger partial charge in [0.15, 0.2) is 5.78 Å². The number of ketones is 1. The molecule has 0 aliphatic heterocycles. The third kappa shape index (κ3) is 5.11. The first kappa shape index (κ1) is 15.8. The Labute approximate surface area is 115 Å². The molecule has 19 heavy (non-hydrogen) atoms. The van der Waals surface area contributed by atoms with E-state index in [0.29, 0.717) is 26.2 Å². The maximum Gasteiger partial charge on any atom is 0.176 e. The van der Waals surface area contributed by atoms with Crippen molar-refractivity contribution >= 4 is 5.78 Å². The predicted octanol–water partition coefficient (Wildman–Crippen LogP) is 1.43. The molecule has 0 atom stereocenters. The number of hydrogen-bond donors (Lipinski definition) is 1. The summed E-state index contributed by atoms with van der Waals surface area (Å²) in [6, 6.07) is 5.75. The molecule has 0 spiro atoms. The summed E-state index contributed by atoms with van der Waals surface area (Å²) < 4.78 is 5.01. The maximum absolute atomic E-state index is 12.2. The van der Waals surface area contributed by atoms with Crippen LogP contribution in [0.2, 0.25) is 0 Å². The van der Waals surface area contributed by atoms with Gasteiger partial charge in [0.2, 0.25) is 0 Å². The lowest BCUT2D eigenvalue weighted by molar-refractivity contribution is 0.0868. The van der Waals surface area contributed by atoms with Crippen molar-refractivity contribution in [3.63, 3.8) is 0 Å². The van der Waals surface area contributed by atoms with Crippen LogP contribution in [0.5, 0.6) is 0 Å². The Morgan fingerprint density at radius 1 is 1.26 bits per heavy atom. The van der Waals surface area contributed by atoms with Crippen LogP contribution >= 0.6 is 0 Å². The zero-order valence-electron chi connectivity index (χ0n) is 12.0. The first-order chi connectivity index (χ1) is 9.08. The van der Waals surface area contributed by atoms with Crippen molar-refractivity contribution in [3.8, 4) is 0 Å². The van der Waals surface area contributed by atoms with Crippen molar-refractivity contribution in [1.29, 1.82) is 0 Å². The van der Waals surface area contributed by atoms with E-state index in [-0.39, 0.29) is 12.4 Å². The average molecular weight is 265 g/mol. The number of hydrogen-bond acceptors (Lipinski definition) is 4.